The van der Waals surface area contributed by atoms with Crippen LogP contribution in [0.25, 0.3) is 10.9 Å². The van der Waals surface area contributed by atoms with Crippen LogP contribution < -0.4 is 0 Å². The zero-order valence-corrected chi connectivity index (χ0v) is 11.6. The highest BCUT2D eigenvalue weighted by atomic mass is 16.6. The van der Waals surface area contributed by atoms with E-state index in [-0.39, 0.29) is 6.42 Å². The van der Waals surface area contributed by atoms with E-state index in [2.05, 4.69) is 4.98 Å². The predicted octanol–water partition coefficient (Wildman–Crippen LogP) is -0.919. The average Bonchev–Trinajstić information content (AvgIpc) is 3.02. The summed E-state index contributed by atoms with van der Waals surface area (Å²) in [6, 6.07) is 7.36. The minimum atomic E-state index is -2.16. The molecule has 1 aromatic heterocycles. The molecule has 0 amide bonds. The molecule has 22 heavy (non-hydrogen) atoms. The van der Waals surface area contributed by atoms with E-state index in [0.717, 1.165) is 10.9 Å². The number of aromatic amines is 1. The molecule has 1 aliphatic heterocycles. The molecule has 1 aliphatic rings. The van der Waals surface area contributed by atoms with E-state index >= 15 is 0 Å². The van der Waals surface area contributed by atoms with Crippen molar-refractivity contribution in [3.8, 4) is 0 Å². The monoisotopic (exact) mass is 307 g/mol. The lowest BCUT2D eigenvalue weighted by Gasteiger charge is -2.24. The van der Waals surface area contributed by atoms with Gasteiger partial charge in [0.15, 0.2) is 11.7 Å². The second-order valence-electron chi connectivity index (χ2n) is 5.53. The molecule has 2 heterocycles. The van der Waals surface area contributed by atoms with Crippen molar-refractivity contribution in [2.24, 2.45) is 0 Å². The van der Waals surface area contributed by atoms with Crippen LogP contribution in [-0.2, 0) is 16.0 Å². The Balaban J connectivity index is 1.91. The number of aromatic nitrogens is 1. The van der Waals surface area contributed by atoms with E-state index < -0.39 is 36.5 Å². The quantitative estimate of drug-likeness (QED) is 0.466. The van der Waals surface area contributed by atoms with E-state index in [1.54, 1.807) is 6.20 Å². The van der Waals surface area contributed by atoms with Crippen LogP contribution in [-0.4, -0.2) is 61.9 Å². The SMILES string of the molecule is O=C1OC([C@@H](O)CO)[C@@H](O)[C@@]1(O)Cc1c[nH]c2ccccc12. The number of benzene rings is 1. The van der Waals surface area contributed by atoms with Gasteiger partial charge >= 0.3 is 5.97 Å². The fourth-order valence-corrected chi connectivity index (χ4v) is 2.82. The van der Waals surface area contributed by atoms with Crippen molar-refractivity contribution in [1.82, 2.24) is 4.98 Å². The van der Waals surface area contributed by atoms with Gasteiger partial charge in [-0.1, -0.05) is 18.2 Å². The summed E-state index contributed by atoms with van der Waals surface area (Å²) in [7, 11) is 0. The molecule has 1 aromatic carbocycles. The maximum atomic E-state index is 12.0. The molecule has 5 N–H and O–H groups in total. The zero-order chi connectivity index (χ0) is 15.9. The molecule has 1 fully saturated rings. The molecular formula is C15H17NO6. The number of aliphatic hydroxyl groups is 4. The normalized spacial score (nSPS) is 29.7. The summed E-state index contributed by atoms with van der Waals surface area (Å²) in [6.07, 6.45) is -2.94. The Bertz CT molecular complexity index is 698. The van der Waals surface area contributed by atoms with Gasteiger partial charge in [-0.05, 0) is 11.6 Å². The Hall–Kier alpha value is -1.93. The fraction of sp³-hybridized carbons (Fsp3) is 0.400. The van der Waals surface area contributed by atoms with Gasteiger partial charge in [0.05, 0.1) is 6.61 Å². The van der Waals surface area contributed by atoms with E-state index in [4.69, 9.17) is 9.84 Å². The van der Waals surface area contributed by atoms with Gasteiger partial charge in [-0.15, -0.1) is 0 Å². The highest BCUT2D eigenvalue weighted by molar-refractivity contribution is 5.87. The van der Waals surface area contributed by atoms with E-state index in [1.807, 2.05) is 24.3 Å². The summed E-state index contributed by atoms with van der Waals surface area (Å²) >= 11 is 0. The number of nitrogens with one attached hydrogen (secondary N) is 1. The van der Waals surface area contributed by atoms with Gasteiger partial charge in [-0.25, -0.2) is 4.79 Å². The summed E-state index contributed by atoms with van der Waals surface area (Å²) < 4.78 is 4.84. The summed E-state index contributed by atoms with van der Waals surface area (Å²) in [4.78, 5) is 15.0. The van der Waals surface area contributed by atoms with Crippen LogP contribution in [0.5, 0.6) is 0 Å². The van der Waals surface area contributed by atoms with Crippen molar-refractivity contribution >= 4 is 16.9 Å². The number of hydrogen-bond donors (Lipinski definition) is 5. The molecule has 2 aromatic rings. The van der Waals surface area contributed by atoms with Gasteiger partial charge < -0.3 is 30.1 Å². The molecule has 0 bridgehead atoms. The van der Waals surface area contributed by atoms with Crippen molar-refractivity contribution in [3.63, 3.8) is 0 Å². The number of carbonyl (C=O) groups excluding carboxylic acids is 1. The van der Waals surface area contributed by atoms with Crippen LogP contribution >= 0.6 is 0 Å². The molecule has 0 saturated carbocycles. The third-order valence-electron chi connectivity index (χ3n) is 4.10. The number of esters is 1. The molecule has 4 atom stereocenters. The minimum absolute atomic E-state index is 0.161. The van der Waals surface area contributed by atoms with Crippen LogP contribution in [0, 0.1) is 0 Å². The van der Waals surface area contributed by atoms with Gasteiger partial charge in [-0.3, -0.25) is 0 Å². The second kappa shape index (κ2) is 5.36. The molecule has 0 radical (unpaired) electrons. The Labute approximate surface area is 125 Å². The summed E-state index contributed by atoms with van der Waals surface area (Å²) in [5, 5.41) is 40.0. The van der Waals surface area contributed by atoms with Crippen LogP contribution in [0.4, 0.5) is 0 Å². The number of cyclic esters (lactones) is 1. The lowest BCUT2D eigenvalue weighted by atomic mass is 9.87. The molecule has 7 nitrogen and oxygen atoms in total. The topological polar surface area (TPSA) is 123 Å². The molecule has 7 heteroatoms. The Morgan fingerprint density at radius 3 is 2.82 bits per heavy atom. The van der Waals surface area contributed by atoms with E-state index in [1.165, 1.54) is 0 Å². The van der Waals surface area contributed by atoms with Crippen molar-refractivity contribution in [3.05, 3.63) is 36.0 Å². The van der Waals surface area contributed by atoms with Crippen molar-refractivity contribution in [1.29, 1.82) is 0 Å². The van der Waals surface area contributed by atoms with Crippen LogP contribution in [0.15, 0.2) is 30.5 Å². The number of ether oxygens (including phenoxy) is 1. The maximum absolute atomic E-state index is 12.0. The summed E-state index contributed by atoms with van der Waals surface area (Å²) in [6.45, 7) is -0.682. The first-order chi connectivity index (χ1) is 10.5. The zero-order valence-electron chi connectivity index (χ0n) is 11.6. The highest BCUT2D eigenvalue weighted by Crippen LogP contribution is 2.33. The third-order valence-corrected chi connectivity index (χ3v) is 4.10. The van der Waals surface area contributed by atoms with Crippen LogP contribution in [0.1, 0.15) is 5.56 Å². The number of fused-ring (bicyclic) bond motifs is 1. The number of rotatable bonds is 4. The van der Waals surface area contributed by atoms with Crippen molar-refractivity contribution < 1.29 is 30.0 Å². The number of carbonyl (C=O) groups is 1. The lowest BCUT2D eigenvalue weighted by Crippen LogP contribution is -2.50. The third kappa shape index (κ3) is 2.19. The second-order valence-corrected chi connectivity index (χ2v) is 5.53. The fourth-order valence-electron chi connectivity index (χ4n) is 2.82. The number of aliphatic hydroxyl groups excluding tert-OH is 3. The van der Waals surface area contributed by atoms with Gasteiger partial charge in [0.2, 0.25) is 0 Å². The number of H-pyrrole nitrogens is 1. The largest absolute Gasteiger partial charge is 0.454 e. The van der Waals surface area contributed by atoms with Gasteiger partial charge in [0.25, 0.3) is 0 Å². The van der Waals surface area contributed by atoms with Crippen molar-refractivity contribution in [2.45, 2.75) is 30.3 Å². The molecule has 118 valence electrons. The first kappa shape index (κ1) is 15.0. The van der Waals surface area contributed by atoms with Crippen LogP contribution in [0.3, 0.4) is 0 Å². The molecule has 3 rings (SSSR count). The van der Waals surface area contributed by atoms with Crippen LogP contribution in [0.2, 0.25) is 0 Å². The predicted molar refractivity (Wildman–Crippen MR) is 75.9 cm³/mol. The van der Waals surface area contributed by atoms with Gasteiger partial charge in [0, 0.05) is 23.5 Å². The molecular weight excluding hydrogens is 290 g/mol. The molecule has 1 saturated heterocycles. The Morgan fingerprint density at radius 1 is 1.36 bits per heavy atom. The van der Waals surface area contributed by atoms with Gasteiger partial charge in [-0.2, -0.15) is 0 Å². The smallest absolute Gasteiger partial charge is 0.341 e. The van der Waals surface area contributed by atoms with Gasteiger partial charge in [0.1, 0.15) is 12.2 Å². The average molecular weight is 307 g/mol. The standard InChI is InChI=1S/C15H17NO6/c17-7-11(18)12-13(19)15(21,14(20)22-12)5-8-6-16-10-4-2-1-3-9(8)10/h1-4,6,11-13,16-19,21H,5,7H2/t11-,12?,13+,15-/m0/s1. The molecule has 1 unspecified atom stereocenters. The number of para-hydroxylation sites is 1. The first-order valence-corrected chi connectivity index (χ1v) is 6.93. The summed E-state index contributed by atoms with van der Waals surface area (Å²) in [5.74, 6) is -1.01. The molecule has 0 spiro atoms. The van der Waals surface area contributed by atoms with Crippen molar-refractivity contribution in [2.75, 3.05) is 6.61 Å². The lowest BCUT2D eigenvalue weighted by molar-refractivity contribution is -0.158. The number of hydrogen-bond acceptors (Lipinski definition) is 6. The summed E-state index contributed by atoms with van der Waals surface area (Å²) in [5.41, 5.74) is -0.673. The highest BCUT2D eigenvalue weighted by Gasteiger charge is 2.58. The molecule has 0 aliphatic carbocycles. The van der Waals surface area contributed by atoms with E-state index in [0.29, 0.717) is 5.56 Å². The minimum Gasteiger partial charge on any atom is -0.454 e. The Kier molecular flexibility index (Phi) is 3.65. The Morgan fingerprint density at radius 2 is 2.09 bits per heavy atom. The maximum Gasteiger partial charge on any atom is 0.341 e. The first-order valence-electron chi connectivity index (χ1n) is 6.93. The van der Waals surface area contributed by atoms with E-state index in [9.17, 15) is 20.1 Å².